The van der Waals surface area contributed by atoms with Crippen molar-refractivity contribution >= 4 is 33.7 Å². The van der Waals surface area contributed by atoms with Crippen LogP contribution in [0.5, 0.6) is 0 Å². The van der Waals surface area contributed by atoms with Crippen molar-refractivity contribution in [2.75, 3.05) is 24.6 Å². The molecule has 0 spiro atoms. The van der Waals surface area contributed by atoms with Gasteiger partial charge < -0.3 is 15.7 Å². The molecular weight excluding hydrogens is 280 g/mol. The number of thiocarbonyl (C=S) groups is 1. The minimum Gasteiger partial charge on any atom is -0.396 e. The first-order valence-corrected chi connectivity index (χ1v) is 7.79. The summed E-state index contributed by atoms with van der Waals surface area (Å²) in [6, 6.07) is 12.4. The van der Waals surface area contributed by atoms with Crippen molar-refractivity contribution in [3.05, 3.63) is 42.0 Å². The molecule has 0 aliphatic carbocycles. The third kappa shape index (κ3) is 2.74. The zero-order valence-electron chi connectivity index (χ0n) is 12.0. The van der Waals surface area contributed by atoms with E-state index in [1.54, 1.807) is 0 Å². The van der Waals surface area contributed by atoms with Gasteiger partial charge in [-0.15, -0.1) is 0 Å². The summed E-state index contributed by atoms with van der Waals surface area (Å²) in [4.78, 5) is 2.85. The third-order valence-electron chi connectivity index (χ3n) is 4.33. The van der Waals surface area contributed by atoms with Crippen molar-refractivity contribution in [3.63, 3.8) is 0 Å². The average molecular weight is 300 g/mol. The molecule has 2 aromatic rings. The molecule has 0 radical (unpaired) electrons. The first-order valence-electron chi connectivity index (χ1n) is 7.38. The van der Waals surface area contributed by atoms with Gasteiger partial charge in [0.1, 0.15) is 4.99 Å². The fourth-order valence-corrected chi connectivity index (χ4v) is 3.42. The maximum atomic E-state index is 9.11. The summed E-state index contributed by atoms with van der Waals surface area (Å²) in [6.07, 6.45) is 2.03. The first-order chi connectivity index (χ1) is 10.2. The van der Waals surface area contributed by atoms with Crippen molar-refractivity contribution in [2.45, 2.75) is 12.8 Å². The Morgan fingerprint density at radius 1 is 1.24 bits per heavy atom. The van der Waals surface area contributed by atoms with E-state index in [-0.39, 0.29) is 6.61 Å². The van der Waals surface area contributed by atoms with Gasteiger partial charge in [0, 0.05) is 36.3 Å². The number of hydrogen-bond donors (Lipinski definition) is 2. The fourth-order valence-electron chi connectivity index (χ4n) is 3.24. The van der Waals surface area contributed by atoms with Crippen LogP contribution in [0.4, 0.5) is 5.69 Å². The number of aliphatic hydroxyl groups is 1. The van der Waals surface area contributed by atoms with Crippen LogP contribution in [-0.4, -0.2) is 29.8 Å². The topological polar surface area (TPSA) is 49.5 Å². The lowest BCUT2D eigenvalue weighted by atomic mass is 10.0. The third-order valence-corrected chi connectivity index (χ3v) is 4.55. The molecule has 1 aliphatic heterocycles. The van der Waals surface area contributed by atoms with Gasteiger partial charge in [0.25, 0.3) is 0 Å². The van der Waals surface area contributed by atoms with Gasteiger partial charge in [0.2, 0.25) is 0 Å². The number of aliphatic hydroxyl groups excluding tert-OH is 1. The maximum absolute atomic E-state index is 9.11. The lowest BCUT2D eigenvalue weighted by molar-refractivity contribution is 0.263. The molecule has 0 bridgehead atoms. The monoisotopic (exact) mass is 300 g/mol. The second-order valence-corrected chi connectivity index (χ2v) is 6.09. The summed E-state index contributed by atoms with van der Waals surface area (Å²) in [6.45, 7) is 2.33. The Hall–Kier alpha value is -1.65. The molecule has 3 rings (SSSR count). The van der Waals surface area contributed by atoms with E-state index >= 15 is 0 Å². The molecule has 0 amide bonds. The Balaban J connectivity index is 2.01. The maximum Gasteiger partial charge on any atom is 0.104 e. The highest BCUT2D eigenvalue weighted by Gasteiger charge is 2.23. The van der Waals surface area contributed by atoms with Crippen LogP contribution in [0.3, 0.4) is 0 Å². The van der Waals surface area contributed by atoms with Gasteiger partial charge in [-0.2, -0.15) is 0 Å². The molecule has 4 heteroatoms. The average Bonchev–Trinajstić information content (AvgIpc) is 2.94. The quantitative estimate of drug-likeness (QED) is 0.852. The molecular formula is C17H20N2OS. The lowest BCUT2D eigenvalue weighted by Gasteiger charge is -2.22. The van der Waals surface area contributed by atoms with E-state index in [2.05, 4.69) is 29.2 Å². The molecule has 1 atom stereocenters. The molecule has 0 aromatic heterocycles. The molecule has 21 heavy (non-hydrogen) atoms. The van der Waals surface area contributed by atoms with Crippen LogP contribution in [0.1, 0.15) is 18.4 Å². The molecule has 1 heterocycles. The Morgan fingerprint density at radius 2 is 2.00 bits per heavy atom. The predicted molar refractivity (Wildman–Crippen MR) is 91.9 cm³/mol. The number of benzene rings is 2. The van der Waals surface area contributed by atoms with Crippen LogP contribution in [0.2, 0.25) is 0 Å². The zero-order valence-corrected chi connectivity index (χ0v) is 12.8. The number of rotatable bonds is 4. The standard InChI is InChI=1S/C17H20N2OS/c18-17(21)15-5-6-16(14-4-2-1-3-13(14)15)19-9-7-12(11-19)8-10-20/h1-6,12,20H,7-11H2,(H2,18,21). The molecule has 3 N–H and O–H groups in total. The largest absolute Gasteiger partial charge is 0.396 e. The van der Waals surface area contributed by atoms with Crippen LogP contribution in [-0.2, 0) is 0 Å². The molecule has 1 fully saturated rings. The normalized spacial score (nSPS) is 18.3. The smallest absolute Gasteiger partial charge is 0.104 e. The van der Waals surface area contributed by atoms with Crippen LogP contribution in [0.15, 0.2) is 36.4 Å². The van der Waals surface area contributed by atoms with Gasteiger partial charge in [-0.1, -0.05) is 36.5 Å². The van der Waals surface area contributed by atoms with Crippen molar-refractivity contribution in [1.82, 2.24) is 0 Å². The Labute approximate surface area is 130 Å². The van der Waals surface area contributed by atoms with Crippen LogP contribution in [0, 0.1) is 5.92 Å². The van der Waals surface area contributed by atoms with E-state index in [0.717, 1.165) is 36.9 Å². The summed E-state index contributed by atoms with van der Waals surface area (Å²) in [5.74, 6) is 0.587. The molecule has 1 aliphatic rings. The zero-order chi connectivity index (χ0) is 14.8. The van der Waals surface area contributed by atoms with Crippen molar-refractivity contribution < 1.29 is 5.11 Å². The number of nitrogens with zero attached hydrogens (tertiary/aromatic N) is 1. The van der Waals surface area contributed by atoms with Gasteiger partial charge >= 0.3 is 0 Å². The summed E-state index contributed by atoms with van der Waals surface area (Å²) >= 11 is 5.16. The van der Waals surface area contributed by atoms with Gasteiger partial charge in [0.15, 0.2) is 0 Å². The first kappa shape index (κ1) is 14.3. The van der Waals surface area contributed by atoms with Crippen LogP contribution in [0.25, 0.3) is 10.8 Å². The Kier molecular flexibility index (Phi) is 4.08. The summed E-state index contributed by atoms with van der Waals surface area (Å²) in [5, 5.41) is 11.4. The van der Waals surface area contributed by atoms with Gasteiger partial charge in [0.05, 0.1) is 0 Å². The number of hydrogen-bond acceptors (Lipinski definition) is 3. The SMILES string of the molecule is NC(=S)c1ccc(N2CCC(CCO)C2)c2ccccc12. The molecule has 2 aromatic carbocycles. The minimum absolute atomic E-state index is 0.277. The fraction of sp³-hybridized carbons (Fsp3) is 0.353. The Morgan fingerprint density at radius 3 is 2.71 bits per heavy atom. The minimum atomic E-state index is 0.277. The van der Waals surface area contributed by atoms with Crippen molar-refractivity contribution in [2.24, 2.45) is 11.7 Å². The molecule has 1 unspecified atom stereocenters. The Bertz CT molecular complexity index is 671. The second-order valence-electron chi connectivity index (χ2n) is 5.66. The number of anilines is 1. The van der Waals surface area contributed by atoms with Crippen molar-refractivity contribution in [3.8, 4) is 0 Å². The highest BCUT2D eigenvalue weighted by Crippen LogP contribution is 2.33. The lowest BCUT2D eigenvalue weighted by Crippen LogP contribution is -2.20. The molecule has 1 saturated heterocycles. The van der Waals surface area contributed by atoms with E-state index in [0.29, 0.717) is 10.9 Å². The van der Waals surface area contributed by atoms with Crippen LogP contribution < -0.4 is 10.6 Å². The van der Waals surface area contributed by atoms with Gasteiger partial charge in [-0.3, -0.25) is 0 Å². The second kappa shape index (κ2) is 6.00. The predicted octanol–water partition coefficient (Wildman–Crippen LogP) is 2.68. The number of nitrogens with two attached hydrogens (primary N) is 1. The van der Waals surface area contributed by atoms with Crippen molar-refractivity contribution in [1.29, 1.82) is 0 Å². The van der Waals surface area contributed by atoms with E-state index in [1.165, 1.54) is 11.1 Å². The van der Waals surface area contributed by atoms with E-state index < -0.39 is 0 Å². The van der Waals surface area contributed by atoms with Gasteiger partial charge in [-0.05, 0) is 36.3 Å². The number of fused-ring (bicyclic) bond motifs is 1. The molecule has 0 saturated carbocycles. The van der Waals surface area contributed by atoms with E-state index in [1.807, 2.05) is 12.1 Å². The van der Waals surface area contributed by atoms with E-state index in [4.69, 9.17) is 23.1 Å². The van der Waals surface area contributed by atoms with E-state index in [9.17, 15) is 0 Å². The highest BCUT2D eigenvalue weighted by atomic mass is 32.1. The molecule has 3 nitrogen and oxygen atoms in total. The molecule has 110 valence electrons. The van der Waals surface area contributed by atoms with Crippen LogP contribution >= 0.6 is 12.2 Å². The highest BCUT2D eigenvalue weighted by molar-refractivity contribution is 7.80. The van der Waals surface area contributed by atoms with Gasteiger partial charge in [-0.25, -0.2) is 0 Å². The summed E-state index contributed by atoms with van der Waals surface area (Å²) < 4.78 is 0. The summed E-state index contributed by atoms with van der Waals surface area (Å²) in [7, 11) is 0. The summed E-state index contributed by atoms with van der Waals surface area (Å²) in [5.41, 5.74) is 8.02.